The molecule has 0 radical (unpaired) electrons. The standard InChI is InChI=1S/C54H34N2S/c1-3-14-35(15-4-1)37-18-11-19-40(32-37)55-48-25-9-7-20-42(48)45-23-12-22-41(53(45)55)39-29-31-50-47(33-39)43-21-8-10-26-49(43)56(50)51-27-13-24-46-44-30-28-38(34-52(44)57-54(46)51)36-16-5-2-6-17-36/h1-34H/i2D,5D,6D,7D,8D,9D,10D,12D,13D,16D,17D,20D,21D,22D,23D,24D,25D,28D,29D,30D,33D,34D. The summed E-state index contributed by atoms with van der Waals surface area (Å²) in [5.41, 5.74) is -0.00822. The number of rotatable bonds is 5. The summed E-state index contributed by atoms with van der Waals surface area (Å²) in [7, 11) is 0. The van der Waals surface area contributed by atoms with Gasteiger partial charge in [0.15, 0.2) is 0 Å². The van der Waals surface area contributed by atoms with Crippen molar-refractivity contribution < 1.29 is 30.2 Å². The molecular formula is C54H34N2S. The first-order valence-corrected chi connectivity index (χ1v) is 18.5. The van der Waals surface area contributed by atoms with Crippen molar-refractivity contribution in [1.82, 2.24) is 9.13 Å². The summed E-state index contributed by atoms with van der Waals surface area (Å²) >= 11 is 0.823. The Bertz CT molecular complexity index is 4780. The van der Waals surface area contributed by atoms with Gasteiger partial charge in [-0.15, -0.1) is 11.3 Å². The number of fused-ring (bicyclic) bond motifs is 9. The summed E-state index contributed by atoms with van der Waals surface area (Å²) < 4.78 is 203. The third-order valence-electron chi connectivity index (χ3n) is 10.1. The smallest absolute Gasteiger partial charge is 0.0645 e. The molecule has 0 saturated carbocycles. The summed E-state index contributed by atoms with van der Waals surface area (Å²) in [4.78, 5) is 0. The summed E-state index contributed by atoms with van der Waals surface area (Å²) in [5, 5.41) is -0.775. The second-order valence-electron chi connectivity index (χ2n) is 13.2. The van der Waals surface area contributed by atoms with E-state index in [4.69, 9.17) is 15.1 Å². The monoisotopic (exact) mass is 764 g/mol. The van der Waals surface area contributed by atoms with Crippen LogP contribution in [0.2, 0.25) is 0 Å². The predicted molar refractivity (Wildman–Crippen MR) is 244 cm³/mol. The van der Waals surface area contributed by atoms with Crippen LogP contribution in [0.25, 0.3) is 109 Å². The van der Waals surface area contributed by atoms with Gasteiger partial charge >= 0.3 is 0 Å². The Morgan fingerprint density at radius 3 is 2.09 bits per heavy atom. The first-order chi connectivity index (χ1) is 37.4. The molecule has 3 heteroatoms. The van der Waals surface area contributed by atoms with Crippen molar-refractivity contribution >= 4 is 75.1 Å². The lowest BCUT2D eigenvalue weighted by Crippen LogP contribution is -1.96. The van der Waals surface area contributed by atoms with Crippen LogP contribution in [0, 0.1) is 0 Å². The van der Waals surface area contributed by atoms with Gasteiger partial charge < -0.3 is 9.13 Å². The Morgan fingerprint density at radius 1 is 0.404 bits per heavy atom. The van der Waals surface area contributed by atoms with E-state index in [-0.39, 0.29) is 80.6 Å². The Hall–Kier alpha value is -7.20. The zero-order chi connectivity index (χ0) is 56.6. The topological polar surface area (TPSA) is 9.86 Å². The van der Waals surface area contributed by atoms with E-state index in [9.17, 15) is 15.1 Å². The van der Waals surface area contributed by atoms with Crippen LogP contribution >= 0.6 is 11.3 Å². The molecule has 0 unspecified atom stereocenters. The fourth-order valence-corrected chi connectivity index (χ4v) is 8.74. The first-order valence-electron chi connectivity index (χ1n) is 28.7. The highest BCUT2D eigenvalue weighted by Crippen LogP contribution is 2.44. The third kappa shape index (κ3) is 4.96. The molecule has 0 aliphatic heterocycles. The van der Waals surface area contributed by atoms with E-state index in [1.54, 1.807) is 18.2 Å². The van der Waals surface area contributed by atoms with Gasteiger partial charge in [0.1, 0.15) is 0 Å². The molecule has 0 fully saturated rings. The molecule has 12 rings (SSSR count). The zero-order valence-electron chi connectivity index (χ0n) is 51.2. The zero-order valence-corrected chi connectivity index (χ0v) is 30.0. The van der Waals surface area contributed by atoms with Gasteiger partial charge in [-0.1, -0.05) is 157 Å². The van der Waals surface area contributed by atoms with Gasteiger partial charge in [0.25, 0.3) is 0 Å². The number of thiophene rings is 1. The molecule has 0 saturated heterocycles. The molecule has 0 spiro atoms. The number of nitrogens with zero attached hydrogens (tertiary/aromatic N) is 2. The largest absolute Gasteiger partial charge is 0.309 e. The fraction of sp³-hybridized carbons (Fsp3) is 0. The lowest BCUT2D eigenvalue weighted by Gasteiger charge is -2.14. The number of hydrogen-bond donors (Lipinski definition) is 0. The van der Waals surface area contributed by atoms with Crippen LogP contribution in [0.4, 0.5) is 0 Å². The normalized spacial score (nSPS) is 17.3. The highest BCUT2D eigenvalue weighted by atomic mass is 32.1. The average Bonchev–Trinajstić information content (AvgIpc) is 3.77. The van der Waals surface area contributed by atoms with E-state index < -0.39 is 144 Å². The summed E-state index contributed by atoms with van der Waals surface area (Å²) in [5.74, 6) is 0. The first kappa shape index (κ1) is 17.3. The SMILES string of the molecule is [2H]c1cc2c(c([2H])c1[2H])c1c([2H])c(-c3c([2H])c([2H])c([2H])c4c5c([2H])c([2H])c([2H])c([2H])c5n(-c5cccc(-c6ccccc6)c5)c34)c([2H])cc1n2-c1cc([2H])c([2H])c2c1sc1c([2H])c(-c3c([2H])c([2H])c([2H])c([2H])c3[2H])c([2H])c([2H])c12. The van der Waals surface area contributed by atoms with E-state index in [0.29, 0.717) is 11.3 Å². The van der Waals surface area contributed by atoms with E-state index in [1.807, 2.05) is 36.4 Å². The van der Waals surface area contributed by atoms with Crippen LogP contribution in [-0.4, -0.2) is 9.13 Å². The average molecular weight is 765 g/mol. The van der Waals surface area contributed by atoms with E-state index in [0.717, 1.165) is 16.9 Å². The maximum absolute atomic E-state index is 10.2. The van der Waals surface area contributed by atoms with Crippen molar-refractivity contribution in [2.24, 2.45) is 0 Å². The van der Waals surface area contributed by atoms with Crippen molar-refractivity contribution in [3.8, 4) is 44.8 Å². The summed E-state index contributed by atoms with van der Waals surface area (Å²) in [6, 6.07) is 6.94. The lowest BCUT2D eigenvalue weighted by atomic mass is 9.99. The quantitative estimate of drug-likeness (QED) is 0.165. The van der Waals surface area contributed by atoms with E-state index >= 15 is 0 Å². The molecule has 12 aromatic rings. The molecule has 9 aromatic carbocycles. The molecule has 0 amide bonds. The fourth-order valence-electron chi connectivity index (χ4n) is 7.62. The molecule has 57 heavy (non-hydrogen) atoms. The molecular weight excluding hydrogens is 709 g/mol. The van der Waals surface area contributed by atoms with Crippen molar-refractivity contribution in [3.63, 3.8) is 0 Å². The molecule has 0 aliphatic carbocycles. The molecule has 0 bridgehead atoms. The minimum absolute atomic E-state index is 0.00505. The second kappa shape index (κ2) is 12.7. The minimum atomic E-state index is -0.731. The summed E-state index contributed by atoms with van der Waals surface area (Å²) in [6.07, 6.45) is 0. The van der Waals surface area contributed by atoms with Gasteiger partial charge in [0.05, 0.1) is 62.6 Å². The van der Waals surface area contributed by atoms with Crippen LogP contribution in [0.15, 0.2) is 206 Å². The van der Waals surface area contributed by atoms with Crippen molar-refractivity contribution in [2.45, 2.75) is 0 Å². The van der Waals surface area contributed by atoms with E-state index in [1.165, 1.54) is 27.3 Å². The minimum Gasteiger partial charge on any atom is -0.309 e. The number of benzene rings is 9. The third-order valence-corrected chi connectivity index (χ3v) is 11.2. The highest BCUT2D eigenvalue weighted by Gasteiger charge is 2.20. The number of para-hydroxylation sites is 3. The van der Waals surface area contributed by atoms with Crippen LogP contribution < -0.4 is 0 Å². The van der Waals surface area contributed by atoms with Crippen LogP contribution in [0.5, 0.6) is 0 Å². The molecule has 266 valence electrons. The van der Waals surface area contributed by atoms with Gasteiger partial charge in [-0.3, -0.25) is 0 Å². The Kier molecular flexibility index (Phi) is 3.85. The molecule has 3 aromatic heterocycles. The van der Waals surface area contributed by atoms with Crippen molar-refractivity contribution in [3.05, 3.63) is 206 Å². The Morgan fingerprint density at radius 2 is 1.18 bits per heavy atom. The predicted octanol–water partition coefficient (Wildman–Crippen LogP) is 15.2. The van der Waals surface area contributed by atoms with Gasteiger partial charge in [-0.2, -0.15) is 0 Å². The maximum Gasteiger partial charge on any atom is 0.0645 e. The van der Waals surface area contributed by atoms with Crippen LogP contribution in [-0.2, 0) is 0 Å². The maximum atomic E-state index is 10.2. The number of hydrogen-bond acceptors (Lipinski definition) is 1. The van der Waals surface area contributed by atoms with Crippen molar-refractivity contribution in [2.75, 3.05) is 0 Å². The Balaban J connectivity index is 1.23. The molecule has 3 heterocycles. The Labute approximate surface area is 364 Å². The van der Waals surface area contributed by atoms with E-state index in [2.05, 4.69) is 0 Å². The van der Waals surface area contributed by atoms with Gasteiger partial charge in [0.2, 0.25) is 0 Å². The molecule has 0 N–H and O–H groups in total. The second-order valence-corrected chi connectivity index (χ2v) is 14.2. The number of aromatic nitrogens is 2. The molecule has 0 atom stereocenters. The molecule has 2 nitrogen and oxygen atoms in total. The van der Waals surface area contributed by atoms with Gasteiger partial charge in [-0.05, 0) is 76.3 Å². The summed E-state index contributed by atoms with van der Waals surface area (Å²) in [6.45, 7) is 0. The van der Waals surface area contributed by atoms with Crippen LogP contribution in [0.1, 0.15) is 30.2 Å². The van der Waals surface area contributed by atoms with Crippen molar-refractivity contribution in [1.29, 1.82) is 0 Å². The highest BCUT2D eigenvalue weighted by molar-refractivity contribution is 7.26. The lowest BCUT2D eigenvalue weighted by molar-refractivity contribution is 1.18. The van der Waals surface area contributed by atoms with Gasteiger partial charge in [-0.25, -0.2) is 0 Å². The van der Waals surface area contributed by atoms with Crippen LogP contribution in [0.3, 0.4) is 0 Å². The van der Waals surface area contributed by atoms with Gasteiger partial charge in [0, 0.05) is 48.3 Å². The molecule has 0 aliphatic rings.